The lowest BCUT2D eigenvalue weighted by atomic mass is 9.99. The van der Waals surface area contributed by atoms with Crippen LogP contribution in [0.4, 0.5) is 5.82 Å². The van der Waals surface area contributed by atoms with Gasteiger partial charge < -0.3 is 9.64 Å². The van der Waals surface area contributed by atoms with Crippen LogP contribution in [-0.4, -0.2) is 36.1 Å². The quantitative estimate of drug-likeness (QED) is 0.717. The van der Waals surface area contributed by atoms with Crippen LogP contribution >= 0.6 is 0 Å². The molecule has 0 bridgehead atoms. The number of esters is 1. The summed E-state index contributed by atoms with van der Waals surface area (Å²) in [6.45, 7) is 5.50. The van der Waals surface area contributed by atoms with Gasteiger partial charge in [0.2, 0.25) is 0 Å². The van der Waals surface area contributed by atoms with Crippen molar-refractivity contribution < 1.29 is 9.53 Å². The third-order valence-corrected chi connectivity index (χ3v) is 3.23. The normalized spacial score (nSPS) is 23.8. The zero-order valence-corrected chi connectivity index (χ0v) is 10.4. The Morgan fingerprint density at radius 1 is 1.47 bits per heavy atom. The molecule has 2 atom stereocenters. The molecular weight excluding hydrogens is 218 g/mol. The van der Waals surface area contributed by atoms with E-state index in [2.05, 4.69) is 21.8 Å². The van der Waals surface area contributed by atoms with Gasteiger partial charge in [-0.3, -0.25) is 4.79 Å². The monoisotopic (exact) mass is 235 g/mol. The number of carbonyl (C=O) groups excluding carboxylic acids is 1. The number of hydrogen-bond acceptors (Lipinski definition) is 5. The van der Waals surface area contributed by atoms with Crippen LogP contribution in [-0.2, 0) is 9.53 Å². The van der Waals surface area contributed by atoms with E-state index in [0.29, 0.717) is 6.54 Å². The molecule has 1 aromatic rings. The predicted molar refractivity (Wildman–Crippen MR) is 63.7 cm³/mol. The second-order valence-electron chi connectivity index (χ2n) is 4.53. The molecule has 0 radical (unpaired) electrons. The van der Waals surface area contributed by atoms with Crippen molar-refractivity contribution in [2.75, 3.05) is 25.1 Å². The van der Waals surface area contributed by atoms with Gasteiger partial charge in [0.15, 0.2) is 0 Å². The van der Waals surface area contributed by atoms with E-state index in [-0.39, 0.29) is 17.8 Å². The Hall–Kier alpha value is -1.65. The number of methoxy groups -OCH3 is 1. The van der Waals surface area contributed by atoms with E-state index in [1.54, 1.807) is 6.33 Å². The second kappa shape index (κ2) is 4.69. The van der Waals surface area contributed by atoms with E-state index in [9.17, 15) is 4.79 Å². The molecular formula is C12H17N3O2. The van der Waals surface area contributed by atoms with Gasteiger partial charge in [-0.2, -0.15) is 0 Å². The summed E-state index contributed by atoms with van der Waals surface area (Å²) in [4.78, 5) is 22.0. The Kier molecular flexibility index (Phi) is 3.26. The van der Waals surface area contributed by atoms with Crippen LogP contribution in [0.25, 0.3) is 0 Å². The van der Waals surface area contributed by atoms with Gasteiger partial charge in [-0.1, -0.05) is 6.92 Å². The zero-order chi connectivity index (χ0) is 12.4. The number of anilines is 1. The summed E-state index contributed by atoms with van der Waals surface area (Å²) in [5.41, 5.74) is 0.934. The number of ether oxygens (including phenoxy) is 1. The molecule has 1 aliphatic rings. The van der Waals surface area contributed by atoms with Crippen molar-refractivity contribution in [3.05, 3.63) is 18.1 Å². The van der Waals surface area contributed by atoms with Gasteiger partial charge in [-0.15, -0.1) is 0 Å². The van der Waals surface area contributed by atoms with Crippen molar-refractivity contribution >= 4 is 11.8 Å². The van der Waals surface area contributed by atoms with E-state index >= 15 is 0 Å². The summed E-state index contributed by atoms with van der Waals surface area (Å²) in [7, 11) is 1.44. The largest absolute Gasteiger partial charge is 0.469 e. The lowest BCUT2D eigenvalue weighted by Gasteiger charge is -2.16. The Morgan fingerprint density at radius 2 is 2.24 bits per heavy atom. The molecule has 17 heavy (non-hydrogen) atoms. The first-order valence-electron chi connectivity index (χ1n) is 5.73. The molecule has 0 aliphatic carbocycles. The maximum atomic E-state index is 11.6. The molecule has 1 aromatic heterocycles. The topological polar surface area (TPSA) is 55.3 Å². The maximum Gasteiger partial charge on any atom is 0.310 e. The van der Waals surface area contributed by atoms with Crippen LogP contribution in [0.3, 0.4) is 0 Å². The average molecular weight is 235 g/mol. The molecule has 0 amide bonds. The molecule has 0 N–H and O–H groups in total. The maximum absolute atomic E-state index is 11.6. The summed E-state index contributed by atoms with van der Waals surface area (Å²) in [5.74, 6) is 0.981. The van der Waals surface area contributed by atoms with Crippen molar-refractivity contribution in [3.63, 3.8) is 0 Å². The number of carbonyl (C=O) groups is 1. The second-order valence-corrected chi connectivity index (χ2v) is 4.53. The molecule has 0 spiro atoms. The van der Waals surface area contributed by atoms with Crippen LogP contribution in [0.15, 0.2) is 12.4 Å². The minimum atomic E-state index is -0.134. The highest BCUT2D eigenvalue weighted by atomic mass is 16.5. The molecule has 1 saturated heterocycles. The Bertz CT molecular complexity index is 422. The molecule has 1 fully saturated rings. The molecule has 0 aromatic carbocycles. The van der Waals surface area contributed by atoms with Crippen molar-refractivity contribution in [1.82, 2.24) is 9.97 Å². The molecule has 2 heterocycles. The third kappa shape index (κ3) is 2.38. The third-order valence-electron chi connectivity index (χ3n) is 3.23. The van der Waals surface area contributed by atoms with Gasteiger partial charge in [0.25, 0.3) is 0 Å². The molecule has 2 rings (SSSR count). The van der Waals surface area contributed by atoms with E-state index in [1.807, 2.05) is 13.0 Å². The van der Waals surface area contributed by atoms with Gasteiger partial charge in [0, 0.05) is 24.8 Å². The smallest absolute Gasteiger partial charge is 0.310 e. The first-order chi connectivity index (χ1) is 8.11. The van der Waals surface area contributed by atoms with E-state index in [0.717, 1.165) is 18.1 Å². The number of hydrogen-bond donors (Lipinski definition) is 0. The number of nitrogens with zero attached hydrogens (tertiary/aromatic N) is 3. The van der Waals surface area contributed by atoms with Crippen molar-refractivity contribution in [1.29, 1.82) is 0 Å². The highest BCUT2D eigenvalue weighted by Gasteiger charge is 2.36. The number of aromatic nitrogens is 2. The first-order valence-corrected chi connectivity index (χ1v) is 5.73. The van der Waals surface area contributed by atoms with Gasteiger partial charge in [0.05, 0.1) is 13.0 Å². The summed E-state index contributed by atoms with van der Waals surface area (Å²) in [5, 5.41) is 0. The zero-order valence-electron chi connectivity index (χ0n) is 10.4. The van der Waals surface area contributed by atoms with Crippen LogP contribution in [0.1, 0.15) is 12.6 Å². The first kappa shape index (κ1) is 11.8. The van der Waals surface area contributed by atoms with Crippen LogP contribution in [0.2, 0.25) is 0 Å². The standard InChI is InChI=1S/C12H17N3O2/c1-8-5-15(6-10(8)12(16)17-3)11-4-9(2)13-7-14-11/h4,7-8,10H,5-6H2,1-3H3. The molecule has 1 aliphatic heterocycles. The SMILES string of the molecule is COC(=O)C1CN(c2cc(C)ncn2)CC1C. The lowest BCUT2D eigenvalue weighted by molar-refractivity contribution is -0.145. The molecule has 2 unspecified atom stereocenters. The summed E-state index contributed by atoms with van der Waals surface area (Å²) in [6, 6.07) is 1.94. The Labute approximate surface area is 101 Å². The Balaban J connectivity index is 2.13. The van der Waals surface area contributed by atoms with E-state index in [1.165, 1.54) is 7.11 Å². The fraction of sp³-hybridized carbons (Fsp3) is 0.583. The summed E-state index contributed by atoms with van der Waals surface area (Å²) in [6.07, 6.45) is 1.56. The van der Waals surface area contributed by atoms with Crippen molar-refractivity contribution in [2.45, 2.75) is 13.8 Å². The van der Waals surface area contributed by atoms with Gasteiger partial charge >= 0.3 is 5.97 Å². The minimum absolute atomic E-state index is 0.0599. The molecule has 5 heteroatoms. The van der Waals surface area contributed by atoms with E-state index in [4.69, 9.17) is 4.74 Å². The Morgan fingerprint density at radius 3 is 2.88 bits per heavy atom. The van der Waals surface area contributed by atoms with Gasteiger partial charge in [0.1, 0.15) is 12.1 Å². The molecule has 0 saturated carbocycles. The van der Waals surface area contributed by atoms with E-state index < -0.39 is 0 Å². The fourth-order valence-electron chi connectivity index (χ4n) is 2.23. The summed E-state index contributed by atoms with van der Waals surface area (Å²) >= 11 is 0. The van der Waals surface area contributed by atoms with Crippen LogP contribution < -0.4 is 4.90 Å². The predicted octanol–water partition coefficient (Wildman–Crippen LogP) is 1.03. The average Bonchev–Trinajstić information content (AvgIpc) is 2.70. The van der Waals surface area contributed by atoms with Crippen molar-refractivity contribution in [3.8, 4) is 0 Å². The van der Waals surface area contributed by atoms with Crippen LogP contribution in [0, 0.1) is 18.8 Å². The lowest BCUT2D eigenvalue weighted by Crippen LogP contribution is -2.24. The number of rotatable bonds is 2. The fourth-order valence-corrected chi connectivity index (χ4v) is 2.23. The van der Waals surface area contributed by atoms with Crippen LogP contribution in [0.5, 0.6) is 0 Å². The highest BCUT2D eigenvalue weighted by Crippen LogP contribution is 2.27. The molecule has 92 valence electrons. The highest BCUT2D eigenvalue weighted by molar-refractivity contribution is 5.74. The van der Waals surface area contributed by atoms with Gasteiger partial charge in [-0.25, -0.2) is 9.97 Å². The summed E-state index contributed by atoms with van der Waals surface area (Å²) < 4.78 is 4.81. The van der Waals surface area contributed by atoms with Crippen molar-refractivity contribution in [2.24, 2.45) is 11.8 Å². The number of aryl methyl sites for hydroxylation is 1. The van der Waals surface area contributed by atoms with Gasteiger partial charge in [-0.05, 0) is 12.8 Å². The molecule has 5 nitrogen and oxygen atoms in total. The minimum Gasteiger partial charge on any atom is -0.469 e.